The highest BCUT2D eigenvalue weighted by Gasteiger charge is 2.22. The highest BCUT2D eigenvalue weighted by Crippen LogP contribution is 2.13. The molecule has 3 N–H and O–H groups in total. The Hall–Kier alpha value is -1.03. The van der Waals surface area contributed by atoms with Crippen molar-refractivity contribution < 1.29 is 4.79 Å². The van der Waals surface area contributed by atoms with Gasteiger partial charge in [0.05, 0.1) is 0 Å². The first-order chi connectivity index (χ1) is 5.04. The third kappa shape index (κ3) is 1.21. The second-order valence-corrected chi connectivity index (χ2v) is 2.77. The molecule has 0 bridgehead atoms. The molecule has 0 saturated heterocycles. The first-order valence-corrected chi connectivity index (χ1v) is 3.56. The minimum absolute atomic E-state index is 0.0308. The Morgan fingerprint density at radius 1 is 1.55 bits per heavy atom. The molecule has 1 atom stereocenters. The number of carbonyl (C=O) groups excluding carboxylic acids is 1. The van der Waals surface area contributed by atoms with Gasteiger partial charge in [-0.05, 0) is 20.8 Å². The quantitative estimate of drug-likeness (QED) is 0.481. The van der Waals surface area contributed by atoms with Gasteiger partial charge >= 0.3 is 0 Å². The molecular weight excluding hydrogens is 142 g/mol. The molecule has 4 nitrogen and oxygen atoms in total. The number of hydrogen-bond acceptors (Lipinski definition) is 3. The molecule has 0 spiro atoms. The van der Waals surface area contributed by atoms with Gasteiger partial charge in [0.15, 0.2) is 0 Å². The van der Waals surface area contributed by atoms with Gasteiger partial charge in [0, 0.05) is 11.3 Å². The average Bonchev–Trinajstić information content (AvgIpc) is 1.97. The lowest BCUT2D eigenvalue weighted by Gasteiger charge is -2.32. The fourth-order valence-electron chi connectivity index (χ4n) is 1.02. The van der Waals surface area contributed by atoms with Crippen LogP contribution in [0.3, 0.4) is 0 Å². The zero-order valence-electron chi connectivity index (χ0n) is 7.01. The summed E-state index contributed by atoms with van der Waals surface area (Å²) in [7, 11) is 0. The zero-order valence-corrected chi connectivity index (χ0v) is 7.01. The Morgan fingerprint density at radius 2 is 2.09 bits per heavy atom. The minimum atomic E-state index is -0.105. The molecule has 62 valence electrons. The summed E-state index contributed by atoms with van der Waals surface area (Å²) in [4.78, 5) is 11.1. The molecule has 11 heavy (non-hydrogen) atoms. The molecule has 1 aliphatic rings. The molecule has 0 aromatic heterocycles. The van der Waals surface area contributed by atoms with Crippen LogP contribution in [-0.4, -0.2) is 17.1 Å². The molecule has 0 radical (unpaired) electrons. The van der Waals surface area contributed by atoms with Crippen LogP contribution in [0.5, 0.6) is 0 Å². The van der Waals surface area contributed by atoms with Gasteiger partial charge in [-0.15, -0.1) is 0 Å². The van der Waals surface area contributed by atoms with Gasteiger partial charge in [-0.1, -0.05) is 0 Å². The van der Waals surface area contributed by atoms with E-state index in [1.807, 2.05) is 13.8 Å². The van der Waals surface area contributed by atoms with Gasteiger partial charge in [-0.2, -0.15) is 0 Å². The van der Waals surface area contributed by atoms with Crippen LogP contribution in [0.1, 0.15) is 20.8 Å². The van der Waals surface area contributed by atoms with E-state index in [2.05, 4.69) is 5.32 Å². The SMILES string of the molecule is CC1=C(C)N(N)C(C)NC1=O. The minimum Gasteiger partial charge on any atom is -0.331 e. The van der Waals surface area contributed by atoms with Crippen molar-refractivity contribution in [2.75, 3.05) is 0 Å². The molecule has 0 aliphatic carbocycles. The Morgan fingerprint density at radius 3 is 2.64 bits per heavy atom. The highest BCUT2D eigenvalue weighted by molar-refractivity contribution is 5.94. The Balaban J connectivity index is 2.98. The number of hydrazine groups is 1. The van der Waals surface area contributed by atoms with Crippen molar-refractivity contribution in [3.8, 4) is 0 Å². The Kier molecular flexibility index (Phi) is 1.87. The summed E-state index contributed by atoms with van der Waals surface area (Å²) in [5.41, 5.74) is 1.52. The Labute approximate surface area is 66.0 Å². The topological polar surface area (TPSA) is 58.4 Å². The van der Waals surface area contributed by atoms with Gasteiger partial charge in [0.25, 0.3) is 0 Å². The van der Waals surface area contributed by atoms with Gasteiger partial charge in [0.2, 0.25) is 5.91 Å². The number of hydrogen-bond donors (Lipinski definition) is 2. The summed E-state index contributed by atoms with van der Waals surface area (Å²) in [6, 6.07) is 0. The molecule has 0 aromatic carbocycles. The smallest absolute Gasteiger partial charge is 0.250 e. The van der Waals surface area contributed by atoms with E-state index in [0.717, 1.165) is 5.70 Å². The molecular formula is C7H13N3O. The van der Waals surface area contributed by atoms with Crippen LogP contribution in [0.4, 0.5) is 0 Å². The number of nitrogens with two attached hydrogens (primary N) is 1. The van der Waals surface area contributed by atoms with Crippen LogP contribution in [0.25, 0.3) is 0 Å². The molecule has 1 amide bonds. The summed E-state index contributed by atoms with van der Waals surface area (Å²) in [6.07, 6.45) is -0.105. The molecule has 0 aromatic rings. The molecule has 0 saturated carbocycles. The highest BCUT2D eigenvalue weighted by atomic mass is 16.2. The lowest BCUT2D eigenvalue weighted by atomic mass is 10.1. The molecule has 0 fully saturated rings. The van der Waals surface area contributed by atoms with Crippen molar-refractivity contribution in [2.45, 2.75) is 26.9 Å². The summed E-state index contributed by atoms with van der Waals surface area (Å²) in [6.45, 7) is 5.44. The van der Waals surface area contributed by atoms with Crippen molar-refractivity contribution in [3.05, 3.63) is 11.3 Å². The van der Waals surface area contributed by atoms with E-state index < -0.39 is 0 Å². The number of allylic oxidation sites excluding steroid dienone is 1. The van der Waals surface area contributed by atoms with E-state index in [0.29, 0.717) is 5.57 Å². The van der Waals surface area contributed by atoms with Crippen LogP contribution in [0.15, 0.2) is 11.3 Å². The molecule has 1 aliphatic heterocycles. The third-order valence-corrected chi connectivity index (χ3v) is 2.03. The second kappa shape index (κ2) is 2.54. The van der Waals surface area contributed by atoms with Crippen LogP contribution < -0.4 is 11.2 Å². The molecule has 1 unspecified atom stereocenters. The summed E-state index contributed by atoms with van der Waals surface area (Å²) in [5, 5.41) is 4.27. The van der Waals surface area contributed by atoms with Gasteiger partial charge < -0.3 is 5.32 Å². The van der Waals surface area contributed by atoms with Crippen LogP contribution in [0, 0.1) is 0 Å². The third-order valence-electron chi connectivity index (χ3n) is 2.03. The van der Waals surface area contributed by atoms with Crippen LogP contribution in [-0.2, 0) is 4.79 Å². The molecule has 1 rings (SSSR count). The van der Waals surface area contributed by atoms with E-state index >= 15 is 0 Å². The van der Waals surface area contributed by atoms with Crippen molar-refractivity contribution in [2.24, 2.45) is 5.84 Å². The maximum atomic E-state index is 11.1. The number of nitrogens with one attached hydrogen (secondary N) is 1. The number of nitrogens with zero attached hydrogens (tertiary/aromatic N) is 1. The van der Waals surface area contributed by atoms with E-state index in [1.165, 1.54) is 0 Å². The molecule has 1 heterocycles. The number of rotatable bonds is 0. The fourth-order valence-corrected chi connectivity index (χ4v) is 1.02. The standard InChI is InChI=1S/C7H13N3O/c1-4-5(2)10(8)6(3)9-7(4)11/h6H,8H2,1-3H3,(H,9,11). The van der Waals surface area contributed by atoms with E-state index in [-0.39, 0.29) is 12.1 Å². The van der Waals surface area contributed by atoms with E-state index in [9.17, 15) is 4.79 Å². The zero-order chi connectivity index (χ0) is 8.59. The van der Waals surface area contributed by atoms with Crippen LogP contribution >= 0.6 is 0 Å². The summed E-state index contributed by atoms with van der Waals surface area (Å²) in [5.74, 6) is 5.60. The largest absolute Gasteiger partial charge is 0.331 e. The molecule has 4 heteroatoms. The summed E-state index contributed by atoms with van der Waals surface area (Å²) >= 11 is 0. The number of carbonyl (C=O) groups is 1. The first-order valence-electron chi connectivity index (χ1n) is 3.56. The average molecular weight is 155 g/mol. The lowest BCUT2D eigenvalue weighted by molar-refractivity contribution is -0.120. The van der Waals surface area contributed by atoms with Crippen molar-refractivity contribution in [3.63, 3.8) is 0 Å². The monoisotopic (exact) mass is 155 g/mol. The maximum absolute atomic E-state index is 11.1. The van der Waals surface area contributed by atoms with Crippen molar-refractivity contribution in [1.29, 1.82) is 0 Å². The fraction of sp³-hybridized carbons (Fsp3) is 0.571. The van der Waals surface area contributed by atoms with E-state index in [4.69, 9.17) is 5.84 Å². The predicted octanol–water partition coefficient (Wildman–Crippen LogP) is -0.0682. The Bertz CT molecular complexity index is 222. The van der Waals surface area contributed by atoms with Gasteiger partial charge in [-0.3, -0.25) is 9.80 Å². The van der Waals surface area contributed by atoms with E-state index in [1.54, 1.807) is 11.9 Å². The first kappa shape index (κ1) is 8.07. The predicted molar refractivity (Wildman–Crippen MR) is 42.0 cm³/mol. The maximum Gasteiger partial charge on any atom is 0.250 e. The van der Waals surface area contributed by atoms with Gasteiger partial charge in [0.1, 0.15) is 6.17 Å². The normalized spacial score (nSPS) is 25.6. The number of amides is 1. The van der Waals surface area contributed by atoms with Crippen LogP contribution in [0.2, 0.25) is 0 Å². The second-order valence-electron chi connectivity index (χ2n) is 2.77. The van der Waals surface area contributed by atoms with Crippen molar-refractivity contribution >= 4 is 5.91 Å². The van der Waals surface area contributed by atoms with Crippen molar-refractivity contribution in [1.82, 2.24) is 10.3 Å². The van der Waals surface area contributed by atoms with Gasteiger partial charge in [-0.25, -0.2) is 5.84 Å². The lowest BCUT2D eigenvalue weighted by Crippen LogP contribution is -2.53. The summed E-state index contributed by atoms with van der Waals surface area (Å²) < 4.78 is 0.